The summed E-state index contributed by atoms with van der Waals surface area (Å²) >= 11 is 0. The van der Waals surface area contributed by atoms with Crippen LogP contribution >= 0.6 is 0 Å². The molecule has 0 fully saturated rings. The highest BCUT2D eigenvalue weighted by Crippen LogP contribution is 2.43. The van der Waals surface area contributed by atoms with E-state index in [2.05, 4.69) is 121 Å². The summed E-state index contributed by atoms with van der Waals surface area (Å²) in [5.74, 6) is 1.83. The lowest BCUT2D eigenvalue weighted by molar-refractivity contribution is 0.672. The SMILES string of the molecule is c1ccc(-c2ccc3cc(-c4nc(-c5ccccc5)nc(-c5cc6c(-c7ccccc7)cccc6c6oc7ccccc7c56)n4)ccc3c2)cc1. The summed E-state index contributed by atoms with van der Waals surface area (Å²) in [5, 5.41) is 6.43. The third-order valence-electron chi connectivity index (χ3n) is 9.70. The lowest BCUT2D eigenvalue weighted by Gasteiger charge is -2.13. The van der Waals surface area contributed by atoms with Gasteiger partial charge in [-0.3, -0.25) is 0 Å². The molecule has 0 aliphatic rings. The summed E-state index contributed by atoms with van der Waals surface area (Å²) in [5.41, 5.74) is 9.05. The van der Waals surface area contributed by atoms with Gasteiger partial charge >= 0.3 is 0 Å². The summed E-state index contributed by atoms with van der Waals surface area (Å²) in [4.78, 5) is 15.5. The van der Waals surface area contributed by atoms with Crippen LogP contribution in [0.25, 0.3) is 99.9 Å². The number of nitrogens with zero attached hydrogens (tertiary/aromatic N) is 3. The van der Waals surface area contributed by atoms with Crippen LogP contribution in [0.2, 0.25) is 0 Å². The van der Waals surface area contributed by atoms with E-state index in [0.717, 1.165) is 71.3 Å². The van der Waals surface area contributed by atoms with Gasteiger partial charge < -0.3 is 4.42 Å². The van der Waals surface area contributed by atoms with E-state index in [0.29, 0.717) is 17.5 Å². The van der Waals surface area contributed by atoms with Crippen LogP contribution in [0.3, 0.4) is 0 Å². The van der Waals surface area contributed by atoms with Crippen LogP contribution < -0.4 is 0 Å². The Hall–Kier alpha value is -6.91. The minimum absolute atomic E-state index is 0.597. The van der Waals surface area contributed by atoms with Crippen LogP contribution in [0.15, 0.2) is 180 Å². The Morgan fingerprint density at radius 3 is 1.65 bits per heavy atom. The average molecular weight is 652 g/mol. The molecule has 4 heteroatoms. The molecule has 0 spiro atoms. The fourth-order valence-electron chi connectivity index (χ4n) is 7.22. The molecule has 238 valence electrons. The van der Waals surface area contributed by atoms with E-state index in [1.807, 2.05) is 54.6 Å². The largest absolute Gasteiger partial charge is 0.455 e. The highest BCUT2D eigenvalue weighted by atomic mass is 16.3. The number of para-hydroxylation sites is 1. The molecule has 0 atom stereocenters. The maximum absolute atomic E-state index is 6.67. The molecule has 10 rings (SSSR count). The van der Waals surface area contributed by atoms with Crippen molar-refractivity contribution in [2.24, 2.45) is 0 Å². The molecule has 8 aromatic carbocycles. The quantitative estimate of drug-likeness (QED) is 0.186. The van der Waals surface area contributed by atoms with Gasteiger partial charge in [-0.1, -0.05) is 152 Å². The van der Waals surface area contributed by atoms with Crippen LogP contribution in [0.4, 0.5) is 0 Å². The molecule has 0 radical (unpaired) electrons. The first-order chi connectivity index (χ1) is 25.3. The molecule has 0 aliphatic carbocycles. The van der Waals surface area contributed by atoms with Gasteiger partial charge in [0.2, 0.25) is 0 Å². The summed E-state index contributed by atoms with van der Waals surface area (Å²) in [6, 6.07) is 61.0. The second kappa shape index (κ2) is 11.9. The van der Waals surface area contributed by atoms with E-state index in [-0.39, 0.29) is 0 Å². The third kappa shape index (κ3) is 5.04. The van der Waals surface area contributed by atoms with E-state index in [1.54, 1.807) is 0 Å². The summed E-state index contributed by atoms with van der Waals surface area (Å²) in [7, 11) is 0. The highest BCUT2D eigenvalue weighted by molar-refractivity contribution is 6.22. The highest BCUT2D eigenvalue weighted by Gasteiger charge is 2.21. The van der Waals surface area contributed by atoms with Crippen LogP contribution in [0.5, 0.6) is 0 Å². The smallest absolute Gasteiger partial charge is 0.164 e. The molecule has 0 saturated carbocycles. The number of hydrogen-bond acceptors (Lipinski definition) is 4. The lowest BCUT2D eigenvalue weighted by Crippen LogP contribution is -2.00. The van der Waals surface area contributed by atoms with E-state index in [4.69, 9.17) is 19.4 Å². The molecular formula is C47H29N3O. The zero-order valence-corrected chi connectivity index (χ0v) is 27.5. The van der Waals surface area contributed by atoms with Crippen molar-refractivity contribution < 1.29 is 4.42 Å². The predicted octanol–water partition coefficient (Wildman–Crippen LogP) is 12.4. The Bertz CT molecular complexity index is 2900. The van der Waals surface area contributed by atoms with Gasteiger partial charge in [-0.2, -0.15) is 0 Å². The molecule has 0 bridgehead atoms. The zero-order chi connectivity index (χ0) is 33.7. The first-order valence-corrected chi connectivity index (χ1v) is 17.1. The molecule has 2 aromatic heterocycles. The van der Waals surface area contributed by atoms with Gasteiger partial charge in [0, 0.05) is 32.8 Å². The fourth-order valence-corrected chi connectivity index (χ4v) is 7.22. The molecule has 0 unspecified atom stereocenters. The first-order valence-electron chi connectivity index (χ1n) is 17.1. The first kappa shape index (κ1) is 29.0. The van der Waals surface area contributed by atoms with Crippen LogP contribution in [0, 0.1) is 0 Å². The molecule has 0 saturated heterocycles. The molecule has 51 heavy (non-hydrogen) atoms. The fraction of sp³-hybridized carbons (Fsp3) is 0. The number of benzene rings is 8. The number of rotatable bonds is 5. The molecule has 0 aliphatic heterocycles. The lowest BCUT2D eigenvalue weighted by atomic mass is 9.93. The second-order valence-electron chi connectivity index (χ2n) is 12.8. The van der Waals surface area contributed by atoms with Crippen molar-refractivity contribution in [2.75, 3.05) is 0 Å². The van der Waals surface area contributed by atoms with Gasteiger partial charge in [-0.15, -0.1) is 0 Å². The summed E-state index contributed by atoms with van der Waals surface area (Å²) < 4.78 is 6.67. The normalized spacial score (nSPS) is 11.5. The minimum Gasteiger partial charge on any atom is -0.455 e. The second-order valence-corrected chi connectivity index (χ2v) is 12.8. The summed E-state index contributed by atoms with van der Waals surface area (Å²) in [6.45, 7) is 0. The number of hydrogen-bond donors (Lipinski definition) is 0. The average Bonchev–Trinajstić information content (AvgIpc) is 3.61. The Kier molecular flexibility index (Phi) is 6.78. The Morgan fingerprint density at radius 2 is 0.902 bits per heavy atom. The Labute approximate surface area is 294 Å². The van der Waals surface area contributed by atoms with Crippen molar-refractivity contribution in [3.8, 4) is 56.4 Å². The van der Waals surface area contributed by atoms with Crippen molar-refractivity contribution >= 4 is 43.5 Å². The zero-order valence-electron chi connectivity index (χ0n) is 27.5. The van der Waals surface area contributed by atoms with Gasteiger partial charge in [0.15, 0.2) is 17.5 Å². The van der Waals surface area contributed by atoms with Crippen molar-refractivity contribution in [1.82, 2.24) is 15.0 Å². The van der Waals surface area contributed by atoms with E-state index >= 15 is 0 Å². The molecule has 4 nitrogen and oxygen atoms in total. The van der Waals surface area contributed by atoms with Crippen molar-refractivity contribution in [1.29, 1.82) is 0 Å². The van der Waals surface area contributed by atoms with Crippen LogP contribution in [-0.2, 0) is 0 Å². The maximum atomic E-state index is 6.67. The van der Waals surface area contributed by atoms with Gasteiger partial charge in [0.25, 0.3) is 0 Å². The molecule has 0 N–H and O–H groups in total. The topological polar surface area (TPSA) is 51.8 Å². The molecule has 10 aromatic rings. The van der Waals surface area contributed by atoms with E-state index in [9.17, 15) is 0 Å². The van der Waals surface area contributed by atoms with Crippen molar-refractivity contribution in [2.45, 2.75) is 0 Å². The van der Waals surface area contributed by atoms with E-state index in [1.165, 1.54) is 11.1 Å². The third-order valence-corrected chi connectivity index (χ3v) is 9.70. The number of furan rings is 1. The predicted molar refractivity (Wildman–Crippen MR) is 209 cm³/mol. The molecule has 0 amide bonds. The maximum Gasteiger partial charge on any atom is 0.164 e. The van der Waals surface area contributed by atoms with Gasteiger partial charge in [-0.25, -0.2) is 15.0 Å². The number of fused-ring (bicyclic) bond motifs is 6. The van der Waals surface area contributed by atoms with Gasteiger partial charge in [-0.05, 0) is 62.7 Å². The van der Waals surface area contributed by atoms with Crippen molar-refractivity contribution in [3.63, 3.8) is 0 Å². The van der Waals surface area contributed by atoms with Crippen molar-refractivity contribution in [3.05, 3.63) is 176 Å². The van der Waals surface area contributed by atoms with Gasteiger partial charge in [0.1, 0.15) is 11.2 Å². The van der Waals surface area contributed by atoms with Crippen LogP contribution in [-0.4, -0.2) is 15.0 Å². The summed E-state index contributed by atoms with van der Waals surface area (Å²) in [6.07, 6.45) is 0. The standard InChI is InChI=1S/C47H29N3O/c1-4-13-30(14-5-1)33-23-24-35-28-36(26-25-34(35)27-33)46-48-45(32-17-8-3-9-18-32)49-47(50-46)41-29-40-37(31-15-6-2-7-16-31)20-12-21-38(40)44-43(41)39-19-10-11-22-42(39)51-44/h1-29H. The Morgan fingerprint density at radius 1 is 0.333 bits per heavy atom. The number of aromatic nitrogens is 3. The van der Waals surface area contributed by atoms with Gasteiger partial charge in [0.05, 0.1) is 0 Å². The molecular weight excluding hydrogens is 623 g/mol. The van der Waals surface area contributed by atoms with Crippen LogP contribution in [0.1, 0.15) is 0 Å². The minimum atomic E-state index is 0.597. The molecule has 2 heterocycles. The van der Waals surface area contributed by atoms with E-state index < -0.39 is 0 Å². The Balaban J connectivity index is 1.23. The monoisotopic (exact) mass is 651 g/mol.